The fourth-order valence-electron chi connectivity index (χ4n) is 2.55. The zero-order valence-electron chi connectivity index (χ0n) is 13.3. The number of hydrogen-bond donors (Lipinski definition) is 0. The highest BCUT2D eigenvalue weighted by molar-refractivity contribution is 5.77. The van der Waals surface area contributed by atoms with Crippen molar-refractivity contribution < 1.29 is 4.74 Å². The summed E-state index contributed by atoms with van der Waals surface area (Å²) in [7, 11) is 1.89. The highest BCUT2D eigenvalue weighted by Gasteiger charge is 2.05. The van der Waals surface area contributed by atoms with Crippen molar-refractivity contribution >= 4 is 11.0 Å². The van der Waals surface area contributed by atoms with E-state index in [1.807, 2.05) is 61.8 Å². The predicted molar refractivity (Wildman–Crippen MR) is 92.5 cm³/mol. The van der Waals surface area contributed by atoms with Crippen LogP contribution in [0.15, 0.2) is 67.1 Å². The molecule has 0 amide bonds. The lowest BCUT2D eigenvalue weighted by atomic mass is 10.1. The predicted octanol–water partition coefficient (Wildman–Crippen LogP) is 3.61. The first-order chi connectivity index (χ1) is 11.8. The van der Waals surface area contributed by atoms with E-state index in [-0.39, 0.29) is 0 Å². The summed E-state index contributed by atoms with van der Waals surface area (Å²) in [5.41, 5.74) is 4.63. The van der Waals surface area contributed by atoms with Crippen molar-refractivity contribution in [2.24, 2.45) is 7.05 Å². The maximum absolute atomic E-state index is 5.85. The monoisotopic (exact) mass is 316 g/mol. The average Bonchev–Trinajstić information content (AvgIpc) is 3.05. The van der Waals surface area contributed by atoms with Crippen LogP contribution in [-0.4, -0.2) is 19.7 Å². The topological polar surface area (TPSA) is 52.8 Å². The van der Waals surface area contributed by atoms with Gasteiger partial charge in [0.25, 0.3) is 0 Å². The molecule has 0 aliphatic heterocycles. The summed E-state index contributed by atoms with van der Waals surface area (Å²) >= 11 is 0. The van der Waals surface area contributed by atoms with Crippen LogP contribution in [0, 0.1) is 0 Å². The standard InChI is InChI=1S/C19H16N4O/c1-23-12-14(10-21-23)13-24-16-6-4-5-15(9-16)19-11-20-17-7-2-3-8-18(17)22-19/h2-12H,13H2,1H3. The zero-order chi connectivity index (χ0) is 16.4. The summed E-state index contributed by atoms with van der Waals surface area (Å²) in [4.78, 5) is 9.15. The van der Waals surface area contributed by atoms with Gasteiger partial charge in [-0.25, -0.2) is 4.98 Å². The number of benzene rings is 2. The molecule has 5 nitrogen and oxygen atoms in total. The third-order valence-electron chi connectivity index (χ3n) is 3.74. The molecule has 0 aliphatic carbocycles. The molecule has 0 radical (unpaired) electrons. The van der Waals surface area contributed by atoms with Crippen molar-refractivity contribution in [3.63, 3.8) is 0 Å². The molecular formula is C19H16N4O. The molecule has 0 atom stereocenters. The van der Waals surface area contributed by atoms with Crippen LogP contribution in [0.4, 0.5) is 0 Å². The molecular weight excluding hydrogens is 300 g/mol. The molecule has 5 heteroatoms. The number of hydrogen-bond acceptors (Lipinski definition) is 4. The molecule has 118 valence electrons. The van der Waals surface area contributed by atoms with Crippen LogP contribution < -0.4 is 4.74 Å². The van der Waals surface area contributed by atoms with Crippen molar-refractivity contribution in [1.82, 2.24) is 19.7 Å². The fraction of sp³-hybridized carbons (Fsp3) is 0.105. The molecule has 0 spiro atoms. The summed E-state index contributed by atoms with van der Waals surface area (Å²) in [5, 5.41) is 4.14. The number of aromatic nitrogens is 4. The van der Waals surface area contributed by atoms with E-state index >= 15 is 0 Å². The number of ether oxygens (including phenoxy) is 1. The van der Waals surface area contributed by atoms with Gasteiger partial charge in [-0.05, 0) is 24.3 Å². The Kier molecular flexibility index (Phi) is 3.67. The number of fused-ring (bicyclic) bond motifs is 1. The second-order valence-electron chi connectivity index (χ2n) is 5.58. The van der Waals surface area contributed by atoms with Gasteiger partial charge >= 0.3 is 0 Å². The van der Waals surface area contributed by atoms with Crippen LogP contribution >= 0.6 is 0 Å². The first-order valence-corrected chi connectivity index (χ1v) is 7.70. The first kappa shape index (κ1) is 14.4. The summed E-state index contributed by atoms with van der Waals surface area (Å²) in [5.74, 6) is 0.798. The Balaban J connectivity index is 1.58. The first-order valence-electron chi connectivity index (χ1n) is 7.70. The zero-order valence-corrected chi connectivity index (χ0v) is 13.3. The van der Waals surface area contributed by atoms with Gasteiger partial charge in [0, 0.05) is 24.4 Å². The van der Waals surface area contributed by atoms with Crippen LogP contribution in [0.1, 0.15) is 5.56 Å². The van der Waals surface area contributed by atoms with Gasteiger partial charge in [-0.3, -0.25) is 9.67 Å². The molecule has 0 unspecified atom stereocenters. The van der Waals surface area contributed by atoms with Crippen molar-refractivity contribution in [3.8, 4) is 17.0 Å². The van der Waals surface area contributed by atoms with Crippen molar-refractivity contribution in [2.75, 3.05) is 0 Å². The minimum absolute atomic E-state index is 0.487. The van der Waals surface area contributed by atoms with Crippen LogP contribution in [0.3, 0.4) is 0 Å². The van der Waals surface area contributed by atoms with E-state index < -0.39 is 0 Å². The van der Waals surface area contributed by atoms with Gasteiger partial charge in [0.1, 0.15) is 12.4 Å². The molecule has 2 heterocycles. The Morgan fingerprint density at radius 2 is 1.88 bits per heavy atom. The second-order valence-corrected chi connectivity index (χ2v) is 5.58. The quantitative estimate of drug-likeness (QED) is 0.577. The average molecular weight is 316 g/mol. The van der Waals surface area contributed by atoms with E-state index in [9.17, 15) is 0 Å². The third-order valence-corrected chi connectivity index (χ3v) is 3.74. The molecule has 2 aromatic carbocycles. The number of rotatable bonds is 4. The highest BCUT2D eigenvalue weighted by atomic mass is 16.5. The molecule has 0 saturated heterocycles. The molecule has 0 aliphatic rings. The van der Waals surface area contributed by atoms with Crippen LogP contribution in [0.5, 0.6) is 5.75 Å². The van der Waals surface area contributed by atoms with Crippen LogP contribution in [-0.2, 0) is 13.7 Å². The molecule has 0 fully saturated rings. The van der Waals surface area contributed by atoms with Crippen molar-refractivity contribution in [2.45, 2.75) is 6.61 Å². The van der Waals surface area contributed by atoms with Crippen molar-refractivity contribution in [3.05, 3.63) is 72.7 Å². The van der Waals surface area contributed by atoms with E-state index in [2.05, 4.69) is 15.1 Å². The van der Waals surface area contributed by atoms with Crippen LogP contribution in [0.25, 0.3) is 22.3 Å². The maximum atomic E-state index is 5.85. The van der Waals surface area contributed by atoms with Gasteiger partial charge in [-0.15, -0.1) is 0 Å². The van der Waals surface area contributed by atoms with Gasteiger partial charge in [0.05, 0.1) is 29.1 Å². The molecule has 0 saturated carbocycles. The molecule has 4 aromatic rings. The second kappa shape index (κ2) is 6.12. The third kappa shape index (κ3) is 2.96. The lowest BCUT2D eigenvalue weighted by Gasteiger charge is -2.07. The van der Waals surface area contributed by atoms with E-state index in [0.29, 0.717) is 6.61 Å². The lowest BCUT2D eigenvalue weighted by Crippen LogP contribution is -1.95. The summed E-state index contributed by atoms with van der Waals surface area (Å²) in [6, 6.07) is 15.7. The maximum Gasteiger partial charge on any atom is 0.120 e. The number of aryl methyl sites for hydroxylation is 1. The van der Waals surface area contributed by atoms with Crippen molar-refractivity contribution in [1.29, 1.82) is 0 Å². The van der Waals surface area contributed by atoms with E-state index in [1.165, 1.54) is 0 Å². The smallest absolute Gasteiger partial charge is 0.120 e. The SMILES string of the molecule is Cn1cc(COc2cccc(-c3cnc4ccccc4n3)c2)cn1. The molecule has 0 bridgehead atoms. The molecule has 4 rings (SSSR count). The largest absolute Gasteiger partial charge is 0.489 e. The molecule has 2 aromatic heterocycles. The van der Waals surface area contributed by atoms with E-state index in [4.69, 9.17) is 4.74 Å². The van der Waals surface area contributed by atoms with E-state index in [1.54, 1.807) is 17.1 Å². The normalized spacial score (nSPS) is 10.9. The minimum atomic E-state index is 0.487. The minimum Gasteiger partial charge on any atom is -0.489 e. The Bertz CT molecular complexity index is 993. The van der Waals surface area contributed by atoms with Gasteiger partial charge < -0.3 is 4.74 Å². The van der Waals surface area contributed by atoms with E-state index in [0.717, 1.165) is 33.6 Å². The Morgan fingerprint density at radius 1 is 1.00 bits per heavy atom. The fourth-order valence-corrected chi connectivity index (χ4v) is 2.55. The van der Waals surface area contributed by atoms with Crippen LogP contribution in [0.2, 0.25) is 0 Å². The Labute approximate surface area is 139 Å². The highest BCUT2D eigenvalue weighted by Crippen LogP contribution is 2.24. The summed E-state index contributed by atoms with van der Waals surface area (Å²) in [6.45, 7) is 0.487. The molecule has 0 N–H and O–H groups in total. The van der Waals surface area contributed by atoms with Gasteiger partial charge in [-0.1, -0.05) is 24.3 Å². The summed E-state index contributed by atoms with van der Waals surface area (Å²) < 4.78 is 7.62. The Morgan fingerprint density at radius 3 is 2.71 bits per heavy atom. The molecule has 24 heavy (non-hydrogen) atoms. The lowest BCUT2D eigenvalue weighted by molar-refractivity contribution is 0.306. The number of para-hydroxylation sites is 2. The van der Waals surface area contributed by atoms with Gasteiger partial charge in [-0.2, -0.15) is 5.10 Å². The van der Waals surface area contributed by atoms with Gasteiger partial charge in [0.2, 0.25) is 0 Å². The summed E-state index contributed by atoms with van der Waals surface area (Å²) in [6.07, 6.45) is 5.54. The van der Waals surface area contributed by atoms with Gasteiger partial charge in [0.15, 0.2) is 0 Å². The number of nitrogens with zero attached hydrogens (tertiary/aromatic N) is 4. The Hall–Kier alpha value is -3.21.